The van der Waals surface area contributed by atoms with E-state index < -0.39 is 5.54 Å². The molecule has 0 aliphatic heterocycles. The predicted octanol–water partition coefficient (Wildman–Crippen LogP) is 4.37. The first kappa shape index (κ1) is 20.0. The number of carbonyl (C=O) groups is 2. The summed E-state index contributed by atoms with van der Waals surface area (Å²) in [5.41, 5.74) is -0.897. The van der Waals surface area contributed by atoms with Gasteiger partial charge in [-0.2, -0.15) is 0 Å². The molecule has 1 rings (SSSR count). The number of esters is 1. The fourth-order valence-corrected chi connectivity index (χ4v) is 3.71. The van der Waals surface area contributed by atoms with Gasteiger partial charge in [0.2, 0.25) is 5.91 Å². The molecular formula is C19H35NO3. The molecule has 4 nitrogen and oxygen atoms in total. The van der Waals surface area contributed by atoms with E-state index in [2.05, 4.69) is 5.32 Å². The lowest BCUT2D eigenvalue weighted by atomic mass is 9.78. The quantitative estimate of drug-likeness (QED) is 0.781. The number of rotatable bonds is 4. The van der Waals surface area contributed by atoms with Crippen molar-refractivity contribution in [3.8, 4) is 0 Å². The Labute approximate surface area is 141 Å². The van der Waals surface area contributed by atoms with Gasteiger partial charge in [0.25, 0.3) is 0 Å². The van der Waals surface area contributed by atoms with E-state index in [1.807, 2.05) is 13.8 Å². The highest BCUT2D eigenvalue weighted by Crippen LogP contribution is 2.31. The van der Waals surface area contributed by atoms with E-state index >= 15 is 0 Å². The predicted molar refractivity (Wildman–Crippen MR) is 93.1 cm³/mol. The van der Waals surface area contributed by atoms with E-state index in [0.717, 1.165) is 25.7 Å². The minimum absolute atomic E-state index is 0.157. The summed E-state index contributed by atoms with van der Waals surface area (Å²) >= 11 is 0. The van der Waals surface area contributed by atoms with Crippen LogP contribution < -0.4 is 5.32 Å². The van der Waals surface area contributed by atoms with Crippen LogP contribution in [0, 0.1) is 5.92 Å². The van der Waals surface area contributed by atoms with Crippen LogP contribution in [0.2, 0.25) is 0 Å². The molecule has 0 unspecified atom stereocenters. The molecule has 1 aliphatic carbocycles. The largest absolute Gasteiger partial charge is 0.464 e. The molecule has 23 heavy (non-hydrogen) atoms. The molecule has 4 heteroatoms. The lowest BCUT2D eigenvalue weighted by Crippen LogP contribution is -2.57. The molecule has 0 aromatic heterocycles. The minimum atomic E-state index is -0.897. The van der Waals surface area contributed by atoms with Gasteiger partial charge in [-0.3, -0.25) is 4.79 Å². The molecule has 0 saturated heterocycles. The van der Waals surface area contributed by atoms with Gasteiger partial charge in [0, 0.05) is 6.92 Å². The van der Waals surface area contributed by atoms with E-state index in [1.165, 1.54) is 51.9 Å². The van der Waals surface area contributed by atoms with Crippen molar-refractivity contribution < 1.29 is 14.3 Å². The molecule has 1 atom stereocenters. The van der Waals surface area contributed by atoms with Crippen LogP contribution in [-0.4, -0.2) is 24.0 Å². The van der Waals surface area contributed by atoms with Gasteiger partial charge >= 0.3 is 5.97 Å². The van der Waals surface area contributed by atoms with Gasteiger partial charge in [-0.25, -0.2) is 4.79 Å². The summed E-state index contributed by atoms with van der Waals surface area (Å²) < 4.78 is 5.28. The summed E-state index contributed by atoms with van der Waals surface area (Å²) in [6, 6.07) is 0. The van der Waals surface area contributed by atoms with Crippen molar-refractivity contribution in [2.45, 2.75) is 96.9 Å². The molecule has 1 N–H and O–H groups in total. The minimum Gasteiger partial charge on any atom is -0.464 e. The standard InChI is InChI=1S/C19H35NO3/c1-4-23-18(22)19(3,20-16(2)21)17-14-12-10-8-6-5-7-9-11-13-15-17/h17H,4-15H2,1-3H3,(H,20,21)/t19-/m1/s1. The molecule has 0 spiro atoms. The second kappa shape index (κ2) is 10.7. The fourth-order valence-electron chi connectivity index (χ4n) is 3.71. The fraction of sp³-hybridized carbons (Fsp3) is 0.895. The zero-order valence-electron chi connectivity index (χ0n) is 15.3. The summed E-state index contributed by atoms with van der Waals surface area (Å²) in [6.45, 7) is 5.49. The maximum Gasteiger partial charge on any atom is 0.331 e. The Bertz CT molecular complexity index is 358. The average molecular weight is 325 g/mol. The molecule has 134 valence electrons. The summed E-state index contributed by atoms with van der Waals surface area (Å²) in [4.78, 5) is 24.2. The van der Waals surface area contributed by atoms with Gasteiger partial charge in [0.05, 0.1) is 6.61 Å². The van der Waals surface area contributed by atoms with Crippen LogP contribution in [0.3, 0.4) is 0 Å². The number of carbonyl (C=O) groups excluding carboxylic acids is 2. The highest BCUT2D eigenvalue weighted by atomic mass is 16.5. The second-order valence-electron chi connectivity index (χ2n) is 7.06. The van der Waals surface area contributed by atoms with Crippen LogP contribution >= 0.6 is 0 Å². The van der Waals surface area contributed by atoms with Crippen molar-refractivity contribution in [1.82, 2.24) is 5.32 Å². The Morgan fingerprint density at radius 2 is 1.39 bits per heavy atom. The highest BCUT2D eigenvalue weighted by molar-refractivity contribution is 5.87. The van der Waals surface area contributed by atoms with Gasteiger partial charge in [-0.05, 0) is 32.6 Å². The number of amides is 1. The summed E-state index contributed by atoms with van der Waals surface area (Å²) in [6.07, 6.45) is 13.2. The molecule has 0 aromatic rings. The van der Waals surface area contributed by atoms with Crippen LogP contribution in [-0.2, 0) is 14.3 Å². The van der Waals surface area contributed by atoms with Crippen LogP contribution in [0.4, 0.5) is 0 Å². The number of ether oxygens (including phenoxy) is 1. The van der Waals surface area contributed by atoms with E-state index in [-0.39, 0.29) is 17.8 Å². The summed E-state index contributed by atoms with van der Waals surface area (Å²) in [5, 5.41) is 2.91. The van der Waals surface area contributed by atoms with Crippen LogP contribution in [0.5, 0.6) is 0 Å². The van der Waals surface area contributed by atoms with Crippen molar-refractivity contribution >= 4 is 11.9 Å². The zero-order valence-corrected chi connectivity index (χ0v) is 15.3. The zero-order chi connectivity index (χ0) is 17.1. The van der Waals surface area contributed by atoms with E-state index in [1.54, 1.807) is 0 Å². The van der Waals surface area contributed by atoms with Crippen LogP contribution in [0.15, 0.2) is 0 Å². The summed E-state index contributed by atoms with van der Waals surface area (Å²) in [7, 11) is 0. The molecule has 0 heterocycles. The van der Waals surface area contributed by atoms with Gasteiger partial charge in [0.1, 0.15) is 5.54 Å². The van der Waals surface area contributed by atoms with Crippen molar-refractivity contribution in [2.24, 2.45) is 5.92 Å². The number of hydrogen-bond donors (Lipinski definition) is 1. The van der Waals surface area contributed by atoms with Crippen molar-refractivity contribution in [2.75, 3.05) is 6.61 Å². The Morgan fingerprint density at radius 3 is 1.78 bits per heavy atom. The van der Waals surface area contributed by atoms with E-state index in [4.69, 9.17) is 4.74 Å². The maximum absolute atomic E-state index is 12.5. The Kier molecular flexibility index (Phi) is 9.27. The Morgan fingerprint density at radius 1 is 0.957 bits per heavy atom. The SMILES string of the molecule is CCOC(=O)[C@](C)(NC(C)=O)C1CCCCCCCCCCC1. The average Bonchev–Trinajstić information content (AvgIpc) is 2.47. The first-order valence-electron chi connectivity index (χ1n) is 9.46. The number of hydrogen-bond acceptors (Lipinski definition) is 3. The molecule has 1 fully saturated rings. The molecule has 0 bridgehead atoms. The lowest BCUT2D eigenvalue weighted by molar-refractivity contribution is -0.155. The van der Waals surface area contributed by atoms with Crippen LogP contribution in [0.25, 0.3) is 0 Å². The Balaban J connectivity index is 2.83. The van der Waals surface area contributed by atoms with E-state index in [0.29, 0.717) is 6.61 Å². The van der Waals surface area contributed by atoms with Crippen molar-refractivity contribution in [1.29, 1.82) is 0 Å². The topological polar surface area (TPSA) is 55.4 Å². The van der Waals surface area contributed by atoms with Gasteiger partial charge in [-0.15, -0.1) is 0 Å². The van der Waals surface area contributed by atoms with Crippen molar-refractivity contribution in [3.63, 3.8) is 0 Å². The van der Waals surface area contributed by atoms with Crippen LogP contribution in [0.1, 0.15) is 91.4 Å². The molecule has 1 aliphatic rings. The normalized spacial score (nSPS) is 21.3. The van der Waals surface area contributed by atoms with Crippen molar-refractivity contribution in [3.05, 3.63) is 0 Å². The van der Waals surface area contributed by atoms with Gasteiger partial charge < -0.3 is 10.1 Å². The first-order chi connectivity index (χ1) is 11.0. The van der Waals surface area contributed by atoms with Gasteiger partial charge in [0.15, 0.2) is 0 Å². The number of nitrogens with one attached hydrogen (secondary N) is 1. The third kappa shape index (κ3) is 6.92. The van der Waals surface area contributed by atoms with Gasteiger partial charge in [-0.1, -0.05) is 57.8 Å². The highest BCUT2D eigenvalue weighted by Gasteiger charge is 2.42. The lowest BCUT2D eigenvalue weighted by Gasteiger charge is -2.36. The third-order valence-corrected chi connectivity index (χ3v) is 5.06. The second-order valence-corrected chi connectivity index (χ2v) is 7.06. The molecular weight excluding hydrogens is 290 g/mol. The first-order valence-corrected chi connectivity index (χ1v) is 9.46. The molecule has 1 saturated carbocycles. The third-order valence-electron chi connectivity index (χ3n) is 5.06. The molecule has 1 amide bonds. The maximum atomic E-state index is 12.5. The summed E-state index contributed by atoms with van der Waals surface area (Å²) in [5.74, 6) is -0.288. The molecule has 0 radical (unpaired) electrons. The monoisotopic (exact) mass is 325 g/mol. The Hall–Kier alpha value is -1.06. The smallest absolute Gasteiger partial charge is 0.331 e. The molecule has 0 aromatic carbocycles. The van der Waals surface area contributed by atoms with E-state index in [9.17, 15) is 9.59 Å².